The van der Waals surface area contributed by atoms with Crippen LogP contribution >= 0.6 is 0 Å². The van der Waals surface area contributed by atoms with E-state index in [9.17, 15) is 14.4 Å². The molecule has 28 heavy (non-hydrogen) atoms. The fraction of sp³-hybridized carbons (Fsp3) is 0.286. The first kappa shape index (κ1) is 21.0. The number of rotatable bonds is 8. The van der Waals surface area contributed by atoms with Crippen LogP contribution in [-0.2, 0) is 19.1 Å². The van der Waals surface area contributed by atoms with Crippen LogP contribution in [0.3, 0.4) is 0 Å². The van der Waals surface area contributed by atoms with Crippen molar-refractivity contribution in [2.45, 2.75) is 26.7 Å². The largest absolute Gasteiger partial charge is 0.482 e. The van der Waals surface area contributed by atoms with Gasteiger partial charge in [0.15, 0.2) is 13.2 Å². The number of ether oxygens (including phenoxy) is 2. The zero-order valence-corrected chi connectivity index (χ0v) is 16.2. The molecule has 2 aromatic carbocycles. The highest BCUT2D eigenvalue weighted by Crippen LogP contribution is 2.25. The Kier molecular flexibility index (Phi) is 7.56. The zero-order valence-electron chi connectivity index (χ0n) is 16.2. The standard InChI is InChI=1S/C21H24N2O5/c1-14(2)18-9-4-5-10-19(18)27-13-21(26)28-12-20(25)23-17-8-6-7-16(11-17)22-15(3)24/h4-11,14H,12-13H2,1-3H3,(H,22,24)(H,23,25). The van der Waals surface area contributed by atoms with Crippen LogP contribution in [0.2, 0.25) is 0 Å². The minimum Gasteiger partial charge on any atom is -0.482 e. The Morgan fingerprint density at radius 3 is 2.29 bits per heavy atom. The quantitative estimate of drug-likeness (QED) is 0.681. The second-order valence-corrected chi connectivity index (χ2v) is 6.45. The molecule has 0 spiro atoms. The molecule has 0 aromatic heterocycles. The van der Waals surface area contributed by atoms with Gasteiger partial charge in [0, 0.05) is 18.3 Å². The highest BCUT2D eigenvalue weighted by molar-refractivity contribution is 5.94. The van der Waals surface area contributed by atoms with Gasteiger partial charge in [-0.3, -0.25) is 9.59 Å². The average Bonchev–Trinajstić information content (AvgIpc) is 2.64. The van der Waals surface area contributed by atoms with Crippen LogP contribution in [0.4, 0.5) is 11.4 Å². The molecule has 0 unspecified atom stereocenters. The van der Waals surface area contributed by atoms with Crippen LogP contribution < -0.4 is 15.4 Å². The molecule has 0 bridgehead atoms. The fourth-order valence-electron chi connectivity index (χ4n) is 2.49. The van der Waals surface area contributed by atoms with Gasteiger partial charge in [0.2, 0.25) is 5.91 Å². The summed E-state index contributed by atoms with van der Waals surface area (Å²) >= 11 is 0. The molecule has 0 aliphatic rings. The van der Waals surface area contributed by atoms with Crippen molar-refractivity contribution in [3.8, 4) is 5.75 Å². The fourth-order valence-corrected chi connectivity index (χ4v) is 2.49. The molecule has 0 aliphatic heterocycles. The lowest BCUT2D eigenvalue weighted by Gasteiger charge is -2.13. The maximum absolute atomic E-state index is 12.0. The lowest BCUT2D eigenvalue weighted by molar-refractivity contribution is -0.149. The number of benzene rings is 2. The number of hydrogen-bond acceptors (Lipinski definition) is 5. The minimum atomic E-state index is -0.638. The van der Waals surface area contributed by atoms with Gasteiger partial charge in [-0.05, 0) is 35.7 Å². The van der Waals surface area contributed by atoms with Crippen molar-refractivity contribution in [1.82, 2.24) is 0 Å². The van der Waals surface area contributed by atoms with Crippen LogP contribution in [0.5, 0.6) is 5.75 Å². The topological polar surface area (TPSA) is 93.7 Å². The molecule has 7 nitrogen and oxygen atoms in total. The van der Waals surface area contributed by atoms with E-state index in [0.717, 1.165) is 5.56 Å². The average molecular weight is 384 g/mol. The number of carbonyl (C=O) groups is 3. The van der Waals surface area contributed by atoms with E-state index in [1.165, 1.54) is 6.92 Å². The maximum Gasteiger partial charge on any atom is 0.344 e. The number of anilines is 2. The van der Waals surface area contributed by atoms with Crippen LogP contribution in [0.25, 0.3) is 0 Å². The van der Waals surface area contributed by atoms with Crippen molar-refractivity contribution in [2.75, 3.05) is 23.8 Å². The molecule has 0 fully saturated rings. The zero-order chi connectivity index (χ0) is 20.5. The number of para-hydroxylation sites is 1. The molecule has 2 N–H and O–H groups in total. The third kappa shape index (κ3) is 6.75. The Morgan fingerprint density at radius 2 is 1.61 bits per heavy atom. The van der Waals surface area contributed by atoms with Crippen molar-refractivity contribution < 1.29 is 23.9 Å². The molecule has 0 saturated carbocycles. The Labute approximate surface area is 164 Å². The van der Waals surface area contributed by atoms with E-state index < -0.39 is 18.5 Å². The molecule has 0 atom stereocenters. The van der Waals surface area contributed by atoms with Gasteiger partial charge in [-0.2, -0.15) is 0 Å². The highest BCUT2D eigenvalue weighted by Gasteiger charge is 2.12. The van der Waals surface area contributed by atoms with E-state index in [2.05, 4.69) is 10.6 Å². The van der Waals surface area contributed by atoms with Crippen LogP contribution in [0.1, 0.15) is 32.3 Å². The van der Waals surface area contributed by atoms with Gasteiger partial charge >= 0.3 is 5.97 Å². The Balaban J connectivity index is 1.80. The molecule has 2 amide bonds. The maximum atomic E-state index is 12.0. The molecule has 7 heteroatoms. The normalized spacial score (nSPS) is 10.3. The summed E-state index contributed by atoms with van der Waals surface area (Å²) in [5.41, 5.74) is 2.03. The summed E-state index contributed by atoms with van der Waals surface area (Å²) in [7, 11) is 0. The molecule has 2 rings (SSSR count). The van der Waals surface area contributed by atoms with Crippen LogP contribution in [0.15, 0.2) is 48.5 Å². The number of hydrogen-bond donors (Lipinski definition) is 2. The van der Waals surface area contributed by atoms with E-state index in [1.54, 1.807) is 30.3 Å². The SMILES string of the molecule is CC(=O)Nc1cccc(NC(=O)COC(=O)COc2ccccc2C(C)C)c1. The summed E-state index contributed by atoms with van der Waals surface area (Å²) in [6, 6.07) is 14.1. The van der Waals surface area contributed by atoms with Gasteiger partial charge in [-0.1, -0.05) is 38.1 Å². The smallest absolute Gasteiger partial charge is 0.344 e. The van der Waals surface area contributed by atoms with E-state index in [1.807, 2.05) is 32.0 Å². The molecule has 0 aliphatic carbocycles. The van der Waals surface area contributed by atoms with E-state index >= 15 is 0 Å². The van der Waals surface area contributed by atoms with Crippen molar-refractivity contribution in [2.24, 2.45) is 0 Å². The summed E-state index contributed by atoms with van der Waals surface area (Å²) in [5.74, 6) is -0.465. The van der Waals surface area contributed by atoms with Gasteiger partial charge in [0.05, 0.1) is 0 Å². The van der Waals surface area contributed by atoms with E-state index in [4.69, 9.17) is 9.47 Å². The van der Waals surface area contributed by atoms with Gasteiger partial charge in [-0.15, -0.1) is 0 Å². The lowest BCUT2D eigenvalue weighted by atomic mass is 10.0. The third-order valence-corrected chi connectivity index (χ3v) is 3.72. The first-order valence-electron chi connectivity index (χ1n) is 8.90. The first-order valence-corrected chi connectivity index (χ1v) is 8.90. The molecule has 0 radical (unpaired) electrons. The van der Waals surface area contributed by atoms with Gasteiger partial charge in [-0.25, -0.2) is 4.79 Å². The predicted octanol–water partition coefficient (Wildman–Crippen LogP) is 3.33. The van der Waals surface area contributed by atoms with Gasteiger partial charge in [0.1, 0.15) is 5.75 Å². The number of amides is 2. The van der Waals surface area contributed by atoms with Gasteiger partial charge in [0.25, 0.3) is 5.91 Å². The predicted molar refractivity (Wildman–Crippen MR) is 106 cm³/mol. The molecule has 0 heterocycles. The number of esters is 1. The molecular formula is C21H24N2O5. The van der Waals surface area contributed by atoms with Gasteiger partial charge < -0.3 is 20.1 Å². The van der Waals surface area contributed by atoms with Crippen LogP contribution in [0, 0.1) is 0 Å². The summed E-state index contributed by atoms with van der Waals surface area (Å²) < 4.78 is 10.5. The molecule has 2 aromatic rings. The Morgan fingerprint density at radius 1 is 0.929 bits per heavy atom. The number of carbonyl (C=O) groups excluding carboxylic acids is 3. The molecular weight excluding hydrogens is 360 g/mol. The van der Waals surface area contributed by atoms with E-state index in [0.29, 0.717) is 17.1 Å². The van der Waals surface area contributed by atoms with Crippen molar-refractivity contribution in [3.05, 3.63) is 54.1 Å². The second-order valence-electron chi connectivity index (χ2n) is 6.45. The summed E-state index contributed by atoms with van der Waals surface area (Å²) in [6.07, 6.45) is 0. The summed E-state index contributed by atoms with van der Waals surface area (Å²) in [4.78, 5) is 34.9. The van der Waals surface area contributed by atoms with Crippen molar-refractivity contribution in [3.63, 3.8) is 0 Å². The molecule has 148 valence electrons. The summed E-state index contributed by atoms with van der Waals surface area (Å²) in [6.45, 7) is 4.75. The summed E-state index contributed by atoms with van der Waals surface area (Å²) in [5, 5.41) is 5.22. The third-order valence-electron chi connectivity index (χ3n) is 3.72. The monoisotopic (exact) mass is 384 g/mol. The Hall–Kier alpha value is -3.35. The minimum absolute atomic E-state index is 0.212. The Bertz CT molecular complexity index is 848. The second kappa shape index (κ2) is 10.1. The first-order chi connectivity index (χ1) is 13.3. The highest BCUT2D eigenvalue weighted by atomic mass is 16.6. The number of nitrogens with one attached hydrogen (secondary N) is 2. The van der Waals surface area contributed by atoms with Crippen molar-refractivity contribution in [1.29, 1.82) is 0 Å². The molecule has 0 saturated heterocycles. The van der Waals surface area contributed by atoms with Crippen LogP contribution in [-0.4, -0.2) is 31.0 Å². The lowest BCUT2D eigenvalue weighted by Crippen LogP contribution is -2.23. The van der Waals surface area contributed by atoms with Crippen molar-refractivity contribution >= 4 is 29.2 Å². The van der Waals surface area contributed by atoms with E-state index in [-0.39, 0.29) is 18.4 Å².